The van der Waals surface area contributed by atoms with Crippen LogP contribution in [0.4, 0.5) is 14.5 Å². The fraction of sp³-hybridized carbons (Fsp3) is 0.357. The standard InChI is InChI=1S/C14H14F2N2/c1-2-17-14-8-4-3-5-12(8)18-13-7-11(16)10(15)6-9(13)14/h6-7H,2-5H2,1H3,(H,17,18). The van der Waals surface area contributed by atoms with Crippen LogP contribution in [0.3, 0.4) is 0 Å². The molecule has 2 aromatic rings. The van der Waals surface area contributed by atoms with Gasteiger partial charge in [0.2, 0.25) is 0 Å². The van der Waals surface area contributed by atoms with E-state index in [1.807, 2.05) is 6.92 Å². The number of hydrogen-bond acceptors (Lipinski definition) is 2. The Balaban J connectivity index is 2.34. The van der Waals surface area contributed by atoms with Crippen molar-refractivity contribution in [3.63, 3.8) is 0 Å². The molecule has 0 spiro atoms. The number of rotatable bonds is 2. The second-order valence-corrected chi connectivity index (χ2v) is 4.58. The highest BCUT2D eigenvalue weighted by Crippen LogP contribution is 2.34. The SMILES string of the molecule is CCNc1c2c(nc3cc(F)c(F)cc13)CCC2. The van der Waals surface area contributed by atoms with Crippen LogP contribution in [0, 0.1) is 11.6 Å². The van der Waals surface area contributed by atoms with Crippen molar-refractivity contribution in [3.8, 4) is 0 Å². The van der Waals surface area contributed by atoms with Crippen LogP contribution in [-0.4, -0.2) is 11.5 Å². The van der Waals surface area contributed by atoms with E-state index in [0.717, 1.165) is 42.8 Å². The van der Waals surface area contributed by atoms with Crippen LogP contribution in [0.25, 0.3) is 10.9 Å². The van der Waals surface area contributed by atoms with Gasteiger partial charge in [-0.2, -0.15) is 0 Å². The van der Waals surface area contributed by atoms with Gasteiger partial charge in [0.1, 0.15) is 0 Å². The quantitative estimate of drug-likeness (QED) is 0.880. The first-order valence-electron chi connectivity index (χ1n) is 6.25. The minimum atomic E-state index is -0.838. The van der Waals surface area contributed by atoms with Gasteiger partial charge >= 0.3 is 0 Å². The largest absolute Gasteiger partial charge is 0.384 e. The van der Waals surface area contributed by atoms with Crippen LogP contribution in [0.15, 0.2) is 12.1 Å². The van der Waals surface area contributed by atoms with E-state index >= 15 is 0 Å². The van der Waals surface area contributed by atoms with Crippen molar-refractivity contribution in [3.05, 3.63) is 35.0 Å². The fourth-order valence-corrected chi connectivity index (χ4v) is 2.64. The van der Waals surface area contributed by atoms with Crippen molar-refractivity contribution in [2.24, 2.45) is 0 Å². The molecule has 1 aromatic heterocycles. The topological polar surface area (TPSA) is 24.9 Å². The molecule has 4 heteroatoms. The van der Waals surface area contributed by atoms with Crippen molar-refractivity contribution in [1.82, 2.24) is 4.98 Å². The molecule has 0 bridgehead atoms. The zero-order chi connectivity index (χ0) is 12.7. The Kier molecular flexibility index (Phi) is 2.65. The summed E-state index contributed by atoms with van der Waals surface area (Å²) in [4.78, 5) is 4.45. The summed E-state index contributed by atoms with van der Waals surface area (Å²) >= 11 is 0. The summed E-state index contributed by atoms with van der Waals surface area (Å²) in [6.45, 7) is 2.75. The van der Waals surface area contributed by atoms with Crippen molar-refractivity contribution in [2.45, 2.75) is 26.2 Å². The monoisotopic (exact) mass is 248 g/mol. The Morgan fingerprint density at radius 2 is 2.00 bits per heavy atom. The molecule has 0 unspecified atom stereocenters. The van der Waals surface area contributed by atoms with Crippen molar-refractivity contribution >= 4 is 16.6 Å². The molecule has 0 fully saturated rings. The summed E-state index contributed by atoms with van der Waals surface area (Å²) in [5, 5.41) is 3.95. The highest BCUT2D eigenvalue weighted by atomic mass is 19.2. The highest BCUT2D eigenvalue weighted by Gasteiger charge is 2.20. The van der Waals surface area contributed by atoms with E-state index in [1.54, 1.807) is 0 Å². The number of pyridine rings is 1. The van der Waals surface area contributed by atoms with Crippen molar-refractivity contribution < 1.29 is 8.78 Å². The van der Waals surface area contributed by atoms with Crippen LogP contribution in [0.5, 0.6) is 0 Å². The maximum absolute atomic E-state index is 13.4. The molecule has 1 aliphatic carbocycles. The molecule has 1 heterocycles. The second kappa shape index (κ2) is 4.19. The van der Waals surface area contributed by atoms with E-state index < -0.39 is 11.6 Å². The Labute approximate surface area is 104 Å². The van der Waals surface area contributed by atoms with E-state index in [0.29, 0.717) is 10.9 Å². The van der Waals surface area contributed by atoms with Crippen molar-refractivity contribution in [2.75, 3.05) is 11.9 Å². The van der Waals surface area contributed by atoms with Gasteiger partial charge in [0.05, 0.1) is 5.52 Å². The third-order valence-electron chi connectivity index (χ3n) is 3.41. The average Bonchev–Trinajstić information content (AvgIpc) is 2.79. The van der Waals surface area contributed by atoms with Gasteiger partial charge in [-0.05, 0) is 37.8 Å². The molecule has 1 N–H and O–H groups in total. The second-order valence-electron chi connectivity index (χ2n) is 4.58. The third-order valence-corrected chi connectivity index (χ3v) is 3.41. The number of fused-ring (bicyclic) bond motifs is 2. The predicted octanol–water partition coefficient (Wildman–Crippen LogP) is 3.43. The van der Waals surface area contributed by atoms with Crippen LogP contribution in [0.2, 0.25) is 0 Å². The molecule has 1 aliphatic rings. The first kappa shape index (κ1) is 11.4. The number of nitrogens with zero attached hydrogens (tertiary/aromatic N) is 1. The zero-order valence-corrected chi connectivity index (χ0v) is 10.2. The molecule has 0 amide bonds. The molecule has 1 aromatic carbocycles. The summed E-state index contributed by atoms with van der Waals surface area (Å²) in [7, 11) is 0. The minimum Gasteiger partial charge on any atom is -0.384 e. The Hall–Kier alpha value is -1.71. The summed E-state index contributed by atoms with van der Waals surface area (Å²) in [5.74, 6) is -1.66. The summed E-state index contributed by atoms with van der Waals surface area (Å²) in [6.07, 6.45) is 2.93. The Bertz CT molecular complexity index is 623. The van der Waals surface area contributed by atoms with E-state index in [-0.39, 0.29) is 0 Å². The maximum atomic E-state index is 13.4. The molecule has 0 saturated heterocycles. The zero-order valence-electron chi connectivity index (χ0n) is 10.2. The van der Waals surface area contributed by atoms with Crippen LogP contribution < -0.4 is 5.32 Å². The fourth-order valence-electron chi connectivity index (χ4n) is 2.64. The third kappa shape index (κ3) is 1.64. The van der Waals surface area contributed by atoms with E-state index in [1.165, 1.54) is 12.1 Å². The molecule has 0 atom stereocenters. The van der Waals surface area contributed by atoms with E-state index in [9.17, 15) is 8.78 Å². The van der Waals surface area contributed by atoms with E-state index in [2.05, 4.69) is 10.3 Å². The number of nitrogens with one attached hydrogen (secondary N) is 1. The Morgan fingerprint density at radius 1 is 1.22 bits per heavy atom. The van der Waals surface area contributed by atoms with Crippen molar-refractivity contribution in [1.29, 1.82) is 0 Å². The number of aryl methyl sites for hydroxylation is 1. The molecule has 18 heavy (non-hydrogen) atoms. The van der Waals surface area contributed by atoms with Gasteiger partial charge in [0.25, 0.3) is 0 Å². The van der Waals surface area contributed by atoms with Crippen LogP contribution in [0.1, 0.15) is 24.6 Å². The average molecular weight is 248 g/mol. The van der Waals surface area contributed by atoms with Gasteiger partial charge in [-0.25, -0.2) is 8.78 Å². The molecule has 94 valence electrons. The number of benzene rings is 1. The van der Waals surface area contributed by atoms with Crippen LogP contribution >= 0.6 is 0 Å². The molecule has 0 radical (unpaired) electrons. The number of aromatic nitrogens is 1. The lowest BCUT2D eigenvalue weighted by Gasteiger charge is -2.13. The molecule has 3 rings (SSSR count). The molecular formula is C14H14F2N2. The lowest BCUT2D eigenvalue weighted by Crippen LogP contribution is -2.04. The van der Waals surface area contributed by atoms with Crippen LogP contribution in [-0.2, 0) is 12.8 Å². The van der Waals surface area contributed by atoms with Gasteiger partial charge in [0.15, 0.2) is 11.6 Å². The number of halogens is 2. The predicted molar refractivity (Wildman–Crippen MR) is 67.8 cm³/mol. The van der Waals surface area contributed by atoms with Gasteiger partial charge < -0.3 is 5.32 Å². The normalized spacial score (nSPS) is 13.9. The Morgan fingerprint density at radius 3 is 2.78 bits per heavy atom. The van der Waals surface area contributed by atoms with Gasteiger partial charge in [-0.3, -0.25) is 4.98 Å². The molecule has 2 nitrogen and oxygen atoms in total. The number of anilines is 1. The molecular weight excluding hydrogens is 234 g/mol. The summed E-state index contributed by atoms with van der Waals surface area (Å²) in [6, 6.07) is 2.43. The summed E-state index contributed by atoms with van der Waals surface area (Å²) < 4.78 is 26.7. The van der Waals surface area contributed by atoms with Gasteiger partial charge in [-0.1, -0.05) is 0 Å². The van der Waals surface area contributed by atoms with Gasteiger partial charge in [-0.15, -0.1) is 0 Å². The highest BCUT2D eigenvalue weighted by molar-refractivity contribution is 5.93. The lowest BCUT2D eigenvalue weighted by molar-refractivity contribution is 0.510. The first-order chi connectivity index (χ1) is 8.70. The van der Waals surface area contributed by atoms with E-state index in [4.69, 9.17) is 0 Å². The van der Waals surface area contributed by atoms with Gasteiger partial charge in [0, 0.05) is 29.4 Å². The smallest absolute Gasteiger partial charge is 0.161 e. The maximum Gasteiger partial charge on any atom is 0.161 e. The minimum absolute atomic E-state index is 0.533. The molecule has 0 saturated carbocycles. The molecule has 0 aliphatic heterocycles. The first-order valence-corrected chi connectivity index (χ1v) is 6.25. The number of hydrogen-bond donors (Lipinski definition) is 1. The summed E-state index contributed by atoms with van der Waals surface area (Å²) in [5.41, 5.74) is 3.64. The lowest BCUT2D eigenvalue weighted by atomic mass is 10.1.